The summed E-state index contributed by atoms with van der Waals surface area (Å²) in [5.41, 5.74) is 11.2. The molecule has 7 rings (SSSR count). The molecular weight excluding hydrogens is 737 g/mol. The van der Waals surface area contributed by atoms with Crippen LogP contribution in [0.4, 0.5) is 0 Å². The van der Waals surface area contributed by atoms with E-state index in [9.17, 15) is 0 Å². The van der Waals surface area contributed by atoms with Crippen LogP contribution >= 0.6 is 0 Å². The van der Waals surface area contributed by atoms with Crippen molar-refractivity contribution in [3.63, 3.8) is 0 Å². The topological polar surface area (TPSA) is 25.8 Å². The Kier molecular flexibility index (Phi) is 10.8. The summed E-state index contributed by atoms with van der Waals surface area (Å²) in [6.45, 7) is 4.52. The number of pyridine rings is 2. The SMILES string of the molecule is CC(C)(c1ccccc1)c1cc[c-]c(-c2cc(-c3ccccc3)ccn2)c1.[Ir].[c-]1ccc(-c2ccccc2)cc1-c1ccccn1. The third-order valence-electron chi connectivity index (χ3n) is 8.01. The van der Waals surface area contributed by atoms with Crippen LogP contribution in [0, 0.1) is 12.1 Å². The molecule has 2 heterocycles. The first-order valence-corrected chi connectivity index (χ1v) is 15.2. The summed E-state index contributed by atoms with van der Waals surface area (Å²) in [4.78, 5) is 8.95. The molecule has 1 radical (unpaired) electrons. The fourth-order valence-corrected chi connectivity index (χ4v) is 5.36. The molecule has 46 heavy (non-hydrogen) atoms. The van der Waals surface area contributed by atoms with Crippen LogP contribution in [0.1, 0.15) is 25.0 Å². The summed E-state index contributed by atoms with van der Waals surface area (Å²) in [6.07, 6.45) is 3.68. The molecule has 0 atom stereocenters. The summed E-state index contributed by atoms with van der Waals surface area (Å²) < 4.78 is 0. The van der Waals surface area contributed by atoms with Gasteiger partial charge in [0.15, 0.2) is 0 Å². The van der Waals surface area contributed by atoms with Gasteiger partial charge in [0.05, 0.1) is 0 Å². The van der Waals surface area contributed by atoms with Crippen molar-refractivity contribution in [1.29, 1.82) is 0 Å². The van der Waals surface area contributed by atoms with E-state index < -0.39 is 0 Å². The van der Waals surface area contributed by atoms with Crippen molar-refractivity contribution in [2.45, 2.75) is 19.3 Å². The van der Waals surface area contributed by atoms with Crippen molar-refractivity contribution in [2.24, 2.45) is 0 Å². The minimum absolute atomic E-state index is 0. The third kappa shape index (κ3) is 7.82. The van der Waals surface area contributed by atoms with Gasteiger partial charge >= 0.3 is 0 Å². The van der Waals surface area contributed by atoms with E-state index in [0.717, 1.165) is 22.5 Å². The smallest absolute Gasteiger partial charge is 0.0166 e. The molecule has 5 aromatic carbocycles. The predicted octanol–water partition coefficient (Wildman–Crippen LogP) is 10.8. The van der Waals surface area contributed by atoms with Crippen LogP contribution in [-0.4, -0.2) is 9.97 Å². The maximum atomic E-state index is 4.60. The fraction of sp³-hybridized carbons (Fsp3) is 0.0698. The summed E-state index contributed by atoms with van der Waals surface area (Å²) in [5.74, 6) is 0. The number of aromatic nitrogens is 2. The standard InChI is InChI=1S/C26H22N.C17H12N.Ir/c1-26(2,23-13-7-4-8-14-23)24-15-9-12-22(18-24)25-19-21(16-17-27-25)20-10-5-3-6-11-20;1-2-7-14(8-3-1)15-9-6-10-16(13-15)17-11-4-5-12-18-17;/h3-11,13-19H,1-2H3;1-9,11-13H;/q2*-1;. The van der Waals surface area contributed by atoms with E-state index in [1.807, 2.05) is 60.8 Å². The van der Waals surface area contributed by atoms with E-state index in [1.165, 1.54) is 33.4 Å². The fourth-order valence-electron chi connectivity index (χ4n) is 5.36. The van der Waals surface area contributed by atoms with Crippen LogP contribution < -0.4 is 0 Å². The molecule has 0 aliphatic heterocycles. The van der Waals surface area contributed by atoms with Crippen LogP contribution in [-0.2, 0) is 25.5 Å². The summed E-state index contributed by atoms with van der Waals surface area (Å²) in [5, 5.41) is 0. The second-order valence-corrected chi connectivity index (χ2v) is 11.3. The molecule has 0 saturated heterocycles. The van der Waals surface area contributed by atoms with Crippen LogP contribution in [0.25, 0.3) is 44.8 Å². The normalized spacial score (nSPS) is 10.7. The van der Waals surface area contributed by atoms with E-state index in [4.69, 9.17) is 0 Å². The Labute approximate surface area is 286 Å². The monoisotopic (exact) mass is 771 g/mol. The first kappa shape index (κ1) is 32.4. The zero-order valence-corrected chi connectivity index (χ0v) is 28.3. The molecule has 0 spiro atoms. The van der Waals surface area contributed by atoms with Gasteiger partial charge in [0, 0.05) is 32.5 Å². The molecular formula is C43H34IrN2-2. The van der Waals surface area contributed by atoms with Gasteiger partial charge in [-0.2, -0.15) is 0 Å². The molecule has 2 aromatic heterocycles. The number of benzene rings is 5. The molecule has 7 aromatic rings. The van der Waals surface area contributed by atoms with Crippen molar-refractivity contribution < 1.29 is 20.1 Å². The average molecular weight is 771 g/mol. The van der Waals surface area contributed by atoms with Crippen LogP contribution in [0.5, 0.6) is 0 Å². The van der Waals surface area contributed by atoms with Crippen molar-refractivity contribution in [2.75, 3.05) is 0 Å². The van der Waals surface area contributed by atoms with Crippen molar-refractivity contribution in [3.8, 4) is 44.8 Å². The molecule has 0 amide bonds. The maximum absolute atomic E-state index is 4.60. The van der Waals surface area contributed by atoms with Crippen molar-refractivity contribution >= 4 is 0 Å². The minimum Gasteiger partial charge on any atom is -0.305 e. The predicted molar refractivity (Wildman–Crippen MR) is 186 cm³/mol. The molecule has 0 bridgehead atoms. The van der Waals surface area contributed by atoms with Gasteiger partial charge in [-0.15, -0.1) is 70.8 Å². The molecule has 0 aliphatic rings. The molecule has 3 heteroatoms. The zero-order valence-electron chi connectivity index (χ0n) is 25.9. The van der Waals surface area contributed by atoms with E-state index in [2.05, 4.69) is 139 Å². The summed E-state index contributed by atoms with van der Waals surface area (Å²) in [6, 6.07) is 60.6. The summed E-state index contributed by atoms with van der Waals surface area (Å²) in [7, 11) is 0. The Morgan fingerprint density at radius 2 is 0.978 bits per heavy atom. The Balaban J connectivity index is 0.000000191. The Bertz CT molecular complexity index is 1900. The second-order valence-electron chi connectivity index (χ2n) is 11.3. The Hall–Kier alpha value is -4.95. The van der Waals surface area contributed by atoms with Gasteiger partial charge < -0.3 is 9.97 Å². The molecule has 0 N–H and O–H groups in total. The quantitative estimate of drug-likeness (QED) is 0.157. The van der Waals surface area contributed by atoms with Gasteiger partial charge in [0.2, 0.25) is 0 Å². The molecule has 0 aliphatic carbocycles. The number of hydrogen-bond donors (Lipinski definition) is 0. The second kappa shape index (κ2) is 15.4. The molecule has 0 fully saturated rings. The van der Waals surface area contributed by atoms with Crippen LogP contribution in [0.15, 0.2) is 170 Å². The molecule has 2 nitrogen and oxygen atoms in total. The Morgan fingerprint density at radius 3 is 1.61 bits per heavy atom. The number of rotatable bonds is 6. The third-order valence-corrected chi connectivity index (χ3v) is 8.01. The van der Waals surface area contributed by atoms with Gasteiger partial charge in [0.25, 0.3) is 0 Å². The van der Waals surface area contributed by atoms with Gasteiger partial charge in [-0.1, -0.05) is 123 Å². The van der Waals surface area contributed by atoms with E-state index >= 15 is 0 Å². The maximum Gasteiger partial charge on any atom is 0.0166 e. The first-order chi connectivity index (χ1) is 22.1. The molecule has 0 unspecified atom stereocenters. The van der Waals surface area contributed by atoms with Crippen molar-refractivity contribution in [1.82, 2.24) is 9.97 Å². The molecule has 227 valence electrons. The largest absolute Gasteiger partial charge is 0.305 e. The van der Waals surface area contributed by atoms with Crippen molar-refractivity contribution in [3.05, 3.63) is 193 Å². The van der Waals surface area contributed by atoms with E-state index in [0.29, 0.717) is 0 Å². The minimum atomic E-state index is -0.0812. The average Bonchev–Trinajstić information content (AvgIpc) is 3.13. The zero-order chi connectivity index (χ0) is 30.9. The number of nitrogens with zero attached hydrogens (tertiary/aromatic N) is 2. The van der Waals surface area contributed by atoms with Crippen LogP contribution in [0.3, 0.4) is 0 Å². The van der Waals surface area contributed by atoms with Crippen LogP contribution in [0.2, 0.25) is 0 Å². The van der Waals surface area contributed by atoms with Gasteiger partial charge in [-0.25, -0.2) is 0 Å². The molecule has 0 saturated carbocycles. The Morgan fingerprint density at radius 1 is 0.435 bits per heavy atom. The van der Waals surface area contributed by atoms with Gasteiger partial charge in [-0.05, 0) is 51.2 Å². The summed E-state index contributed by atoms with van der Waals surface area (Å²) >= 11 is 0. The number of hydrogen-bond acceptors (Lipinski definition) is 2. The van der Waals surface area contributed by atoms with E-state index in [-0.39, 0.29) is 25.5 Å². The van der Waals surface area contributed by atoms with Gasteiger partial charge in [0.1, 0.15) is 0 Å². The first-order valence-electron chi connectivity index (χ1n) is 15.2. The van der Waals surface area contributed by atoms with E-state index in [1.54, 1.807) is 6.20 Å². The van der Waals surface area contributed by atoms with Gasteiger partial charge in [-0.3, -0.25) is 0 Å².